The van der Waals surface area contributed by atoms with E-state index in [9.17, 15) is 9.59 Å². The lowest BCUT2D eigenvalue weighted by Gasteiger charge is -2.20. The number of carbonyl (C=O) groups excluding carboxylic acids is 1. The molecule has 1 fully saturated rings. The summed E-state index contributed by atoms with van der Waals surface area (Å²) in [5, 5.41) is 0.529. The Balaban J connectivity index is 1.86. The Hall–Kier alpha value is -1.90. The van der Waals surface area contributed by atoms with Gasteiger partial charge in [0.15, 0.2) is 17.0 Å². The molecule has 1 aromatic heterocycles. The highest BCUT2D eigenvalue weighted by molar-refractivity contribution is 5.95. The summed E-state index contributed by atoms with van der Waals surface area (Å²) in [5.41, 5.74) is 0.353. The summed E-state index contributed by atoms with van der Waals surface area (Å²) in [6.07, 6.45) is 6.42. The van der Waals surface area contributed by atoms with Gasteiger partial charge in [0.2, 0.25) is 0 Å². The zero-order valence-electron chi connectivity index (χ0n) is 11.4. The predicted molar refractivity (Wildman–Crippen MR) is 78.0 cm³/mol. The molecule has 1 heterocycles. The van der Waals surface area contributed by atoms with E-state index in [1.165, 1.54) is 25.3 Å². The monoisotopic (exact) mass is 270 g/mol. The second kappa shape index (κ2) is 5.61. The second-order valence-corrected chi connectivity index (χ2v) is 5.60. The molecule has 0 atom stereocenters. The molecule has 0 radical (unpaired) electrons. The number of Topliss-reactive ketones (excluding diaryl/α,β-unsaturated/α-hetero) is 1. The highest BCUT2D eigenvalue weighted by atomic mass is 16.3. The largest absolute Gasteiger partial charge is 0.453 e. The van der Waals surface area contributed by atoms with Crippen molar-refractivity contribution < 1.29 is 9.21 Å². The number of para-hydroxylation sites is 1. The first-order valence-electron chi connectivity index (χ1n) is 7.30. The van der Waals surface area contributed by atoms with E-state index in [-0.39, 0.29) is 17.0 Å². The van der Waals surface area contributed by atoms with Gasteiger partial charge >= 0.3 is 0 Å². The van der Waals surface area contributed by atoms with Crippen molar-refractivity contribution in [3.63, 3.8) is 0 Å². The number of carbonyl (C=O) groups is 1. The number of ketones is 1. The molecule has 0 unspecified atom stereocenters. The molecule has 1 aromatic carbocycles. The van der Waals surface area contributed by atoms with Crippen molar-refractivity contribution in [2.75, 3.05) is 0 Å². The summed E-state index contributed by atoms with van der Waals surface area (Å²) in [5.74, 6) is 0.618. The van der Waals surface area contributed by atoms with E-state index in [1.54, 1.807) is 24.3 Å². The van der Waals surface area contributed by atoms with Crippen molar-refractivity contribution in [1.29, 1.82) is 0 Å². The lowest BCUT2D eigenvalue weighted by Crippen LogP contribution is -2.14. The maximum atomic E-state index is 12.3. The van der Waals surface area contributed by atoms with Crippen molar-refractivity contribution >= 4 is 16.8 Å². The van der Waals surface area contributed by atoms with Crippen LogP contribution < -0.4 is 5.43 Å². The van der Waals surface area contributed by atoms with Crippen LogP contribution in [-0.4, -0.2) is 5.78 Å². The van der Waals surface area contributed by atoms with Crippen molar-refractivity contribution in [2.45, 2.75) is 38.5 Å². The first-order valence-corrected chi connectivity index (χ1v) is 7.30. The van der Waals surface area contributed by atoms with Gasteiger partial charge in [0, 0.05) is 12.5 Å². The third kappa shape index (κ3) is 2.67. The number of rotatable bonds is 3. The van der Waals surface area contributed by atoms with Gasteiger partial charge in [-0.05, 0) is 18.1 Å². The molecule has 3 rings (SSSR count). The van der Waals surface area contributed by atoms with Gasteiger partial charge < -0.3 is 4.42 Å². The van der Waals surface area contributed by atoms with Crippen LogP contribution in [0, 0.1) is 5.92 Å². The number of fused-ring (bicyclic) bond motifs is 1. The minimum Gasteiger partial charge on any atom is -0.453 e. The Kier molecular flexibility index (Phi) is 3.68. The lowest BCUT2D eigenvalue weighted by molar-refractivity contribution is 0.0923. The minimum absolute atomic E-state index is 0.0419. The quantitative estimate of drug-likeness (QED) is 0.793. The smallest absolute Gasteiger partial charge is 0.198 e. The van der Waals surface area contributed by atoms with Crippen molar-refractivity contribution in [3.05, 3.63) is 46.3 Å². The SMILES string of the molecule is O=C(CC1CCCCC1)c1cc(=O)c2ccccc2o1. The van der Waals surface area contributed by atoms with Gasteiger partial charge in [0.25, 0.3) is 0 Å². The van der Waals surface area contributed by atoms with E-state index in [4.69, 9.17) is 4.42 Å². The molecule has 1 saturated carbocycles. The van der Waals surface area contributed by atoms with E-state index in [0.29, 0.717) is 23.3 Å². The normalized spacial score (nSPS) is 16.4. The van der Waals surface area contributed by atoms with Crippen LogP contribution in [0.1, 0.15) is 49.1 Å². The zero-order chi connectivity index (χ0) is 13.9. The van der Waals surface area contributed by atoms with E-state index in [1.807, 2.05) is 0 Å². The molecule has 0 N–H and O–H groups in total. The van der Waals surface area contributed by atoms with Gasteiger partial charge in [-0.15, -0.1) is 0 Å². The molecule has 0 bridgehead atoms. The fraction of sp³-hybridized carbons (Fsp3) is 0.412. The van der Waals surface area contributed by atoms with Gasteiger partial charge in [0.05, 0.1) is 5.39 Å². The van der Waals surface area contributed by atoms with E-state index in [2.05, 4.69) is 0 Å². The molecule has 104 valence electrons. The first kappa shape index (κ1) is 13.1. The molecule has 1 aliphatic carbocycles. The molecule has 0 aliphatic heterocycles. The molecule has 0 saturated heterocycles. The molecule has 20 heavy (non-hydrogen) atoms. The van der Waals surface area contributed by atoms with Crippen LogP contribution in [0.25, 0.3) is 11.0 Å². The third-order valence-electron chi connectivity index (χ3n) is 4.11. The molecule has 2 aromatic rings. The maximum Gasteiger partial charge on any atom is 0.198 e. The second-order valence-electron chi connectivity index (χ2n) is 5.60. The van der Waals surface area contributed by atoms with Gasteiger partial charge in [0.1, 0.15) is 5.58 Å². The molecule has 3 heteroatoms. The maximum absolute atomic E-state index is 12.3. The average Bonchev–Trinajstić information content (AvgIpc) is 2.48. The molecule has 0 amide bonds. The third-order valence-corrected chi connectivity index (χ3v) is 4.11. The van der Waals surface area contributed by atoms with Crippen LogP contribution in [0.15, 0.2) is 39.5 Å². The Morgan fingerprint density at radius 1 is 1.15 bits per heavy atom. The van der Waals surface area contributed by atoms with E-state index >= 15 is 0 Å². The van der Waals surface area contributed by atoms with Crippen LogP contribution in [0.5, 0.6) is 0 Å². The van der Waals surface area contributed by atoms with Crippen LogP contribution in [0.3, 0.4) is 0 Å². The highest BCUT2D eigenvalue weighted by Gasteiger charge is 2.20. The van der Waals surface area contributed by atoms with Crippen LogP contribution in [0.2, 0.25) is 0 Å². The highest BCUT2D eigenvalue weighted by Crippen LogP contribution is 2.27. The van der Waals surface area contributed by atoms with Gasteiger partial charge in [-0.2, -0.15) is 0 Å². The first-order chi connectivity index (χ1) is 9.74. The topological polar surface area (TPSA) is 47.3 Å². The standard InChI is InChI=1S/C17H18O3/c18-14-11-17(20-16-9-5-4-8-13(14)16)15(19)10-12-6-2-1-3-7-12/h4-5,8-9,11-12H,1-3,6-7,10H2. The van der Waals surface area contributed by atoms with Crippen molar-refractivity contribution in [1.82, 2.24) is 0 Å². The lowest BCUT2D eigenvalue weighted by atomic mass is 9.85. The Morgan fingerprint density at radius 3 is 2.70 bits per heavy atom. The summed E-state index contributed by atoms with van der Waals surface area (Å²) in [6, 6.07) is 8.39. The molecular weight excluding hydrogens is 252 g/mol. The van der Waals surface area contributed by atoms with E-state index < -0.39 is 0 Å². The van der Waals surface area contributed by atoms with Gasteiger partial charge in [-0.25, -0.2) is 0 Å². The Bertz CT molecular complexity index is 678. The summed E-state index contributed by atoms with van der Waals surface area (Å²) in [6.45, 7) is 0. The van der Waals surface area contributed by atoms with Crippen molar-refractivity contribution in [2.24, 2.45) is 5.92 Å². The fourth-order valence-corrected chi connectivity index (χ4v) is 3.00. The minimum atomic E-state index is -0.140. The van der Waals surface area contributed by atoms with Crippen molar-refractivity contribution in [3.8, 4) is 0 Å². The predicted octanol–water partition coefficient (Wildman–Crippen LogP) is 3.95. The number of hydrogen-bond donors (Lipinski definition) is 0. The Morgan fingerprint density at radius 2 is 1.90 bits per heavy atom. The van der Waals surface area contributed by atoms with Crippen LogP contribution in [-0.2, 0) is 0 Å². The van der Waals surface area contributed by atoms with Gasteiger partial charge in [-0.3, -0.25) is 9.59 Å². The average molecular weight is 270 g/mol. The van der Waals surface area contributed by atoms with Gasteiger partial charge in [-0.1, -0.05) is 44.2 Å². The van der Waals surface area contributed by atoms with Crippen LogP contribution in [0.4, 0.5) is 0 Å². The molecule has 1 aliphatic rings. The number of benzene rings is 1. The summed E-state index contributed by atoms with van der Waals surface area (Å²) in [7, 11) is 0. The van der Waals surface area contributed by atoms with E-state index in [0.717, 1.165) is 12.8 Å². The fourth-order valence-electron chi connectivity index (χ4n) is 3.00. The Labute approximate surface area is 117 Å². The summed E-state index contributed by atoms with van der Waals surface area (Å²) in [4.78, 5) is 24.3. The zero-order valence-corrected chi connectivity index (χ0v) is 11.4. The number of hydrogen-bond acceptors (Lipinski definition) is 3. The summed E-state index contributed by atoms with van der Waals surface area (Å²) >= 11 is 0. The molecule has 3 nitrogen and oxygen atoms in total. The molecule has 0 spiro atoms. The molecular formula is C17H18O3. The van der Waals surface area contributed by atoms with Crippen LogP contribution >= 0.6 is 0 Å². The summed E-state index contributed by atoms with van der Waals surface area (Å²) < 4.78 is 5.60.